The maximum Gasteiger partial charge on any atom is 0.261 e. The molecule has 0 bridgehead atoms. The fourth-order valence-corrected chi connectivity index (χ4v) is 3.50. The van der Waals surface area contributed by atoms with E-state index in [0.29, 0.717) is 11.1 Å². The smallest absolute Gasteiger partial charge is 0.261 e. The van der Waals surface area contributed by atoms with Crippen LogP contribution in [0.2, 0.25) is 0 Å². The van der Waals surface area contributed by atoms with Crippen LogP contribution in [0.3, 0.4) is 0 Å². The zero-order chi connectivity index (χ0) is 16.4. The van der Waals surface area contributed by atoms with Crippen LogP contribution in [0.25, 0.3) is 0 Å². The predicted molar refractivity (Wildman–Crippen MR) is 76.5 cm³/mol. The van der Waals surface area contributed by atoms with Crippen LogP contribution in [0.4, 0.5) is 0 Å². The van der Waals surface area contributed by atoms with Crippen LogP contribution in [-0.4, -0.2) is 58.8 Å². The van der Waals surface area contributed by atoms with Gasteiger partial charge in [0.15, 0.2) is 12.1 Å². The number of benzene rings is 1. The zero-order valence-electron chi connectivity index (χ0n) is 12.8. The largest absolute Gasteiger partial charge is 0.394 e. The second-order valence-electron chi connectivity index (χ2n) is 6.34. The van der Waals surface area contributed by atoms with Gasteiger partial charge in [0.2, 0.25) is 0 Å². The third kappa shape index (κ3) is 2.05. The molecule has 4 rings (SSSR count). The van der Waals surface area contributed by atoms with Crippen LogP contribution in [0.1, 0.15) is 34.6 Å². The van der Waals surface area contributed by atoms with Crippen molar-refractivity contribution in [1.29, 1.82) is 0 Å². The molecule has 0 saturated carbocycles. The van der Waals surface area contributed by atoms with E-state index in [9.17, 15) is 14.7 Å². The molecule has 2 amide bonds. The maximum atomic E-state index is 12.7. The Morgan fingerprint density at radius 3 is 2.30 bits per heavy atom. The number of aliphatic hydroxyl groups is 1. The molecule has 1 N–H and O–H groups in total. The van der Waals surface area contributed by atoms with Crippen molar-refractivity contribution in [3.63, 3.8) is 0 Å². The highest BCUT2D eigenvalue weighted by Crippen LogP contribution is 2.41. The van der Waals surface area contributed by atoms with Crippen molar-refractivity contribution in [1.82, 2.24) is 4.90 Å². The first kappa shape index (κ1) is 14.8. The van der Waals surface area contributed by atoms with Crippen LogP contribution in [-0.2, 0) is 14.2 Å². The minimum atomic E-state index is -0.868. The Morgan fingerprint density at radius 2 is 1.74 bits per heavy atom. The molecule has 0 spiro atoms. The van der Waals surface area contributed by atoms with E-state index in [4.69, 9.17) is 14.2 Å². The van der Waals surface area contributed by atoms with E-state index in [1.165, 1.54) is 0 Å². The topological polar surface area (TPSA) is 85.3 Å². The number of hydrogen-bond donors (Lipinski definition) is 1. The number of hydrogen-bond acceptors (Lipinski definition) is 6. The molecule has 2 saturated heterocycles. The minimum absolute atomic E-state index is 0.335. The summed E-state index contributed by atoms with van der Waals surface area (Å²) in [7, 11) is 0. The van der Waals surface area contributed by atoms with Gasteiger partial charge in [0.05, 0.1) is 17.7 Å². The molecule has 0 aliphatic carbocycles. The number of aliphatic hydroxyl groups excluding tert-OH is 1. The van der Waals surface area contributed by atoms with Crippen LogP contribution in [0.15, 0.2) is 24.3 Å². The highest BCUT2D eigenvalue weighted by Gasteiger charge is 2.59. The summed E-state index contributed by atoms with van der Waals surface area (Å²) in [4.78, 5) is 26.5. The number of fused-ring (bicyclic) bond motifs is 2. The third-order valence-corrected chi connectivity index (χ3v) is 4.42. The molecule has 4 atom stereocenters. The Balaban J connectivity index is 1.72. The number of rotatable bonds is 2. The lowest BCUT2D eigenvalue weighted by Gasteiger charge is -2.30. The van der Waals surface area contributed by atoms with E-state index in [1.807, 2.05) is 0 Å². The van der Waals surface area contributed by atoms with Gasteiger partial charge in [-0.3, -0.25) is 14.5 Å². The van der Waals surface area contributed by atoms with Crippen molar-refractivity contribution in [2.45, 2.75) is 44.2 Å². The van der Waals surface area contributed by atoms with Crippen molar-refractivity contribution >= 4 is 11.8 Å². The highest BCUT2D eigenvalue weighted by molar-refractivity contribution is 6.21. The van der Waals surface area contributed by atoms with Gasteiger partial charge in [0.25, 0.3) is 11.8 Å². The van der Waals surface area contributed by atoms with E-state index < -0.39 is 42.1 Å². The molecule has 122 valence electrons. The van der Waals surface area contributed by atoms with E-state index in [1.54, 1.807) is 38.1 Å². The van der Waals surface area contributed by atoms with Crippen LogP contribution < -0.4 is 0 Å². The van der Waals surface area contributed by atoms with E-state index >= 15 is 0 Å². The van der Waals surface area contributed by atoms with Crippen molar-refractivity contribution in [2.24, 2.45) is 0 Å². The molecular weight excluding hydrogens is 302 g/mol. The molecule has 0 aromatic heterocycles. The van der Waals surface area contributed by atoms with Crippen molar-refractivity contribution in [2.75, 3.05) is 6.61 Å². The lowest BCUT2D eigenvalue weighted by atomic mass is 10.1. The molecule has 2 fully saturated rings. The van der Waals surface area contributed by atoms with Crippen LogP contribution >= 0.6 is 0 Å². The molecule has 1 aromatic rings. The molecular formula is C16H17NO6. The molecule has 7 nitrogen and oxygen atoms in total. The number of ether oxygens (including phenoxy) is 3. The van der Waals surface area contributed by atoms with Crippen LogP contribution in [0, 0.1) is 0 Å². The molecule has 1 aromatic carbocycles. The van der Waals surface area contributed by atoms with Crippen molar-refractivity contribution < 1.29 is 28.9 Å². The minimum Gasteiger partial charge on any atom is -0.394 e. The Bertz CT molecular complexity index is 652. The molecule has 7 heteroatoms. The summed E-state index contributed by atoms with van der Waals surface area (Å²) in [5.74, 6) is -1.66. The number of imide groups is 1. The molecule has 3 aliphatic heterocycles. The monoisotopic (exact) mass is 319 g/mol. The van der Waals surface area contributed by atoms with E-state index in [2.05, 4.69) is 0 Å². The van der Waals surface area contributed by atoms with E-state index in [0.717, 1.165) is 4.90 Å². The lowest BCUT2D eigenvalue weighted by Crippen LogP contribution is -2.52. The summed E-state index contributed by atoms with van der Waals surface area (Å²) < 4.78 is 17.1. The first-order valence-electron chi connectivity index (χ1n) is 7.52. The van der Waals surface area contributed by atoms with Gasteiger partial charge in [0, 0.05) is 0 Å². The summed E-state index contributed by atoms with van der Waals surface area (Å²) in [5, 5.41) is 9.59. The van der Waals surface area contributed by atoms with Gasteiger partial charge in [-0.05, 0) is 26.0 Å². The second kappa shape index (κ2) is 4.85. The third-order valence-electron chi connectivity index (χ3n) is 4.42. The molecule has 0 unspecified atom stereocenters. The fourth-order valence-electron chi connectivity index (χ4n) is 3.50. The highest BCUT2D eigenvalue weighted by atomic mass is 16.8. The van der Waals surface area contributed by atoms with Gasteiger partial charge >= 0.3 is 0 Å². The zero-order valence-corrected chi connectivity index (χ0v) is 12.8. The number of carbonyl (C=O) groups excluding carboxylic acids is 2. The molecule has 23 heavy (non-hydrogen) atoms. The SMILES string of the molecule is CC1(C)O[C@H]2O[C@@H](CO)[C@@H](N3C(=O)c4ccccc4C3=O)[C@@H]2O1. The van der Waals surface area contributed by atoms with Crippen LogP contribution in [0.5, 0.6) is 0 Å². The quantitative estimate of drug-likeness (QED) is 0.800. The first-order chi connectivity index (χ1) is 10.9. The predicted octanol–water partition coefficient (Wildman–Crippen LogP) is 0.520. The molecule has 3 heterocycles. The normalized spacial score (nSPS) is 34.8. The second-order valence-corrected chi connectivity index (χ2v) is 6.34. The van der Waals surface area contributed by atoms with Crippen molar-refractivity contribution in [3.8, 4) is 0 Å². The maximum absolute atomic E-state index is 12.7. The summed E-state index contributed by atoms with van der Waals surface area (Å²) in [6.45, 7) is 3.14. The molecule has 0 radical (unpaired) electrons. The van der Waals surface area contributed by atoms with Gasteiger partial charge in [0.1, 0.15) is 18.2 Å². The Labute approximate surface area is 132 Å². The molecule has 3 aliphatic rings. The summed E-state index contributed by atoms with van der Waals surface area (Å²) in [6.07, 6.45) is -2.07. The van der Waals surface area contributed by atoms with Gasteiger partial charge in [-0.1, -0.05) is 12.1 Å². The van der Waals surface area contributed by atoms with Gasteiger partial charge in [-0.15, -0.1) is 0 Å². The average molecular weight is 319 g/mol. The van der Waals surface area contributed by atoms with Gasteiger partial charge in [-0.2, -0.15) is 0 Å². The first-order valence-corrected chi connectivity index (χ1v) is 7.52. The standard InChI is InChI=1S/C16H17NO6/c1-16(2)22-12-11(10(7-18)21-15(12)23-16)17-13(19)8-5-3-4-6-9(8)14(17)20/h3-6,10-12,15,18H,7H2,1-2H3/t10-,11+,12-,15+/m0/s1. The Kier molecular flexibility index (Phi) is 3.11. The number of nitrogens with zero attached hydrogens (tertiary/aromatic N) is 1. The summed E-state index contributed by atoms with van der Waals surface area (Å²) >= 11 is 0. The number of carbonyl (C=O) groups is 2. The van der Waals surface area contributed by atoms with Gasteiger partial charge in [-0.25, -0.2) is 0 Å². The lowest BCUT2D eigenvalue weighted by molar-refractivity contribution is -0.212. The summed E-state index contributed by atoms with van der Waals surface area (Å²) in [6, 6.07) is 5.94. The fraction of sp³-hybridized carbons (Fsp3) is 0.500. The van der Waals surface area contributed by atoms with E-state index in [-0.39, 0.29) is 6.61 Å². The number of amides is 2. The average Bonchev–Trinajstić information content (AvgIpc) is 3.07. The van der Waals surface area contributed by atoms with Gasteiger partial charge < -0.3 is 19.3 Å². The summed E-state index contributed by atoms with van der Waals surface area (Å²) in [5.41, 5.74) is 0.714. The Morgan fingerprint density at radius 1 is 1.13 bits per heavy atom. The van der Waals surface area contributed by atoms with Crippen molar-refractivity contribution in [3.05, 3.63) is 35.4 Å². The Hall–Kier alpha value is -1.80.